The highest BCUT2D eigenvalue weighted by Gasteiger charge is 2.12. The van der Waals surface area contributed by atoms with Crippen molar-refractivity contribution in [3.8, 4) is 0 Å². The van der Waals surface area contributed by atoms with Gasteiger partial charge in [0.1, 0.15) is 5.82 Å². The average Bonchev–Trinajstić information content (AvgIpc) is 2.36. The summed E-state index contributed by atoms with van der Waals surface area (Å²) in [7, 11) is 0. The Kier molecular flexibility index (Phi) is 6.50. The van der Waals surface area contributed by atoms with E-state index in [0.29, 0.717) is 13.2 Å². The molecule has 1 atom stereocenters. The van der Waals surface area contributed by atoms with Crippen LogP contribution in [0, 0.1) is 18.7 Å². The molecule has 0 aliphatic carbocycles. The van der Waals surface area contributed by atoms with E-state index in [0.717, 1.165) is 24.1 Å². The molecule has 106 valence electrons. The second kappa shape index (κ2) is 7.89. The number of hydrogen-bond donors (Lipinski definition) is 1. The Bertz CT molecular complexity index is 421. The number of aryl methyl sites for hydroxylation is 1. The predicted octanol–water partition coefficient (Wildman–Crippen LogP) is 2.47. The number of nitrogens with one attached hydrogen (secondary N) is 1. The number of hydrogen-bond acceptors (Lipinski definition) is 3. The topological polar surface area (TPSA) is 38.3 Å². The summed E-state index contributed by atoms with van der Waals surface area (Å²) in [4.78, 5) is 11.4. The fourth-order valence-electron chi connectivity index (χ4n) is 1.85. The van der Waals surface area contributed by atoms with E-state index < -0.39 is 0 Å². The summed E-state index contributed by atoms with van der Waals surface area (Å²) < 4.78 is 17.9. The molecule has 0 aliphatic heterocycles. The third-order valence-corrected chi connectivity index (χ3v) is 3.02. The first-order chi connectivity index (χ1) is 9.04. The van der Waals surface area contributed by atoms with Crippen molar-refractivity contribution in [3.63, 3.8) is 0 Å². The van der Waals surface area contributed by atoms with Crippen LogP contribution < -0.4 is 5.32 Å². The second-order valence-corrected chi connectivity index (χ2v) is 4.68. The van der Waals surface area contributed by atoms with Crippen LogP contribution in [0.2, 0.25) is 0 Å². The Morgan fingerprint density at radius 1 is 1.47 bits per heavy atom. The number of esters is 1. The van der Waals surface area contributed by atoms with E-state index in [1.807, 2.05) is 13.8 Å². The van der Waals surface area contributed by atoms with Crippen molar-refractivity contribution in [2.75, 3.05) is 19.7 Å². The van der Waals surface area contributed by atoms with Gasteiger partial charge in [-0.25, -0.2) is 4.39 Å². The molecule has 1 rings (SSSR count). The van der Waals surface area contributed by atoms with Crippen molar-refractivity contribution in [2.24, 2.45) is 5.92 Å². The van der Waals surface area contributed by atoms with Gasteiger partial charge in [-0.2, -0.15) is 0 Å². The summed E-state index contributed by atoms with van der Waals surface area (Å²) in [6.07, 6.45) is 0.821. The summed E-state index contributed by atoms with van der Waals surface area (Å²) in [6.45, 7) is 7.32. The maximum Gasteiger partial charge on any atom is 0.309 e. The molecule has 1 aromatic carbocycles. The molecule has 0 spiro atoms. The van der Waals surface area contributed by atoms with Crippen molar-refractivity contribution in [1.29, 1.82) is 0 Å². The fraction of sp³-hybridized carbons (Fsp3) is 0.533. The molecule has 0 saturated carbocycles. The summed E-state index contributed by atoms with van der Waals surface area (Å²) in [6, 6.07) is 4.82. The van der Waals surface area contributed by atoms with E-state index in [2.05, 4.69) is 5.32 Å². The largest absolute Gasteiger partial charge is 0.466 e. The van der Waals surface area contributed by atoms with Crippen molar-refractivity contribution >= 4 is 5.97 Å². The van der Waals surface area contributed by atoms with Gasteiger partial charge in [0, 0.05) is 6.54 Å². The number of halogens is 1. The Morgan fingerprint density at radius 2 is 2.21 bits per heavy atom. The molecule has 0 amide bonds. The maximum absolute atomic E-state index is 12.9. The summed E-state index contributed by atoms with van der Waals surface area (Å²) >= 11 is 0. The molecule has 0 radical (unpaired) electrons. The monoisotopic (exact) mass is 267 g/mol. The predicted molar refractivity (Wildman–Crippen MR) is 73.5 cm³/mol. The van der Waals surface area contributed by atoms with E-state index in [-0.39, 0.29) is 17.7 Å². The molecule has 19 heavy (non-hydrogen) atoms. The van der Waals surface area contributed by atoms with E-state index in [1.54, 1.807) is 13.0 Å². The van der Waals surface area contributed by atoms with E-state index in [1.165, 1.54) is 12.1 Å². The van der Waals surface area contributed by atoms with Gasteiger partial charge >= 0.3 is 5.97 Å². The first-order valence-corrected chi connectivity index (χ1v) is 6.67. The highest BCUT2D eigenvalue weighted by Crippen LogP contribution is 2.10. The molecule has 0 fully saturated rings. The summed E-state index contributed by atoms with van der Waals surface area (Å²) in [5, 5.41) is 3.22. The van der Waals surface area contributed by atoms with Crippen LogP contribution in [0.25, 0.3) is 0 Å². The lowest BCUT2D eigenvalue weighted by Gasteiger charge is -2.12. The molecule has 1 unspecified atom stereocenters. The minimum Gasteiger partial charge on any atom is -0.466 e. The lowest BCUT2D eigenvalue weighted by molar-refractivity contribution is -0.147. The van der Waals surface area contributed by atoms with Gasteiger partial charge in [-0.15, -0.1) is 0 Å². The Balaban J connectivity index is 2.29. The number of ether oxygens (including phenoxy) is 1. The first kappa shape index (κ1) is 15.6. The minimum atomic E-state index is -0.204. The first-order valence-electron chi connectivity index (χ1n) is 6.67. The number of carbonyl (C=O) groups excluding carboxylic acids is 1. The zero-order valence-corrected chi connectivity index (χ0v) is 11.8. The molecular weight excluding hydrogens is 245 g/mol. The second-order valence-electron chi connectivity index (χ2n) is 4.68. The zero-order chi connectivity index (χ0) is 14.3. The van der Waals surface area contributed by atoms with Gasteiger partial charge in [-0.1, -0.05) is 13.0 Å². The standard InChI is InChI=1S/C15H22FNO2/c1-4-19-15(18)12(3)10-17-8-7-13-5-6-14(16)9-11(13)2/h5-6,9,12,17H,4,7-8,10H2,1-3H3. The summed E-state index contributed by atoms with van der Waals surface area (Å²) in [5.74, 6) is -0.521. The lowest BCUT2D eigenvalue weighted by Crippen LogP contribution is -2.29. The van der Waals surface area contributed by atoms with Crippen LogP contribution in [0.3, 0.4) is 0 Å². The third-order valence-electron chi connectivity index (χ3n) is 3.02. The molecule has 0 bridgehead atoms. The van der Waals surface area contributed by atoms with Gasteiger partial charge < -0.3 is 10.1 Å². The SMILES string of the molecule is CCOC(=O)C(C)CNCCc1ccc(F)cc1C. The van der Waals surface area contributed by atoms with Crippen LogP contribution in [0.5, 0.6) is 0 Å². The van der Waals surface area contributed by atoms with Crippen LogP contribution in [0.4, 0.5) is 4.39 Å². The Labute approximate surface area is 114 Å². The molecule has 1 aromatic rings. The van der Waals surface area contributed by atoms with Gasteiger partial charge in [0.05, 0.1) is 12.5 Å². The molecule has 1 N–H and O–H groups in total. The van der Waals surface area contributed by atoms with Gasteiger partial charge in [-0.05, 0) is 50.1 Å². The highest BCUT2D eigenvalue weighted by atomic mass is 19.1. The van der Waals surface area contributed by atoms with Crippen LogP contribution in [0.1, 0.15) is 25.0 Å². The minimum absolute atomic E-state index is 0.144. The fourth-order valence-corrected chi connectivity index (χ4v) is 1.85. The van der Waals surface area contributed by atoms with Gasteiger partial charge in [0.25, 0.3) is 0 Å². The van der Waals surface area contributed by atoms with Gasteiger partial charge in [-0.3, -0.25) is 4.79 Å². The molecule has 0 aliphatic rings. The maximum atomic E-state index is 12.9. The van der Waals surface area contributed by atoms with Gasteiger partial charge in [0.15, 0.2) is 0 Å². The Morgan fingerprint density at radius 3 is 2.84 bits per heavy atom. The van der Waals surface area contributed by atoms with Crippen LogP contribution in [-0.4, -0.2) is 25.7 Å². The van der Waals surface area contributed by atoms with E-state index in [4.69, 9.17) is 4.74 Å². The molecule has 4 heteroatoms. The van der Waals surface area contributed by atoms with E-state index in [9.17, 15) is 9.18 Å². The number of rotatable bonds is 7. The highest BCUT2D eigenvalue weighted by molar-refractivity contribution is 5.72. The van der Waals surface area contributed by atoms with Crippen molar-refractivity contribution < 1.29 is 13.9 Å². The molecular formula is C15H22FNO2. The van der Waals surface area contributed by atoms with Crippen LogP contribution in [0.15, 0.2) is 18.2 Å². The number of benzene rings is 1. The smallest absolute Gasteiger partial charge is 0.309 e. The lowest BCUT2D eigenvalue weighted by atomic mass is 10.1. The molecule has 0 saturated heterocycles. The Hall–Kier alpha value is -1.42. The average molecular weight is 267 g/mol. The van der Waals surface area contributed by atoms with Crippen molar-refractivity contribution in [1.82, 2.24) is 5.32 Å². The molecule has 3 nitrogen and oxygen atoms in total. The normalized spacial score (nSPS) is 12.2. The van der Waals surface area contributed by atoms with Crippen molar-refractivity contribution in [3.05, 3.63) is 35.1 Å². The van der Waals surface area contributed by atoms with Crippen molar-refractivity contribution in [2.45, 2.75) is 27.2 Å². The molecule has 0 heterocycles. The quantitative estimate of drug-likeness (QED) is 0.609. The van der Waals surface area contributed by atoms with E-state index >= 15 is 0 Å². The molecule has 0 aromatic heterocycles. The number of carbonyl (C=O) groups is 1. The van der Waals surface area contributed by atoms with Crippen LogP contribution in [-0.2, 0) is 16.0 Å². The van der Waals surface area contributed by atoms with Crippen LogP contribution >= 0.6 is 0 Å². The third kappa shape index (κ3) is 5.39. The summed E-state index contributed by atoms with van der Waals surface area (Å²) in [5.41, 5.74) is 2.08. The van der Waals surface area contributed by atoms with Gasteiger partial charge in [0.2, 0.25) is 0 Å². The zero-order valence-electron chi connectivity index (χ0n) is 11.8.